The molecule has 0 saturated carbocycles. The van der Waals surface area contributed by atoms with Gasteiger partial charge in [0.2, 0.25) is 11.8 Å². The van der Waals surface area contributed by atoms with Crippen LogP contribution in [0.1, 0.15) is 30.9 Å². The molecule has 0 saturated heterocycles. The number of rotatable bonds is 8. The van der Waals surface area contributed by atoms with Crippen LogP contribution in [-0.4, -0.2) is 28.9 Å². The second-order valence-corrected chi connectivity index (χ2v) is 7.35. The largest absolute Gasteiger partial charge is 0.480 e. The molecule has 0 spiro atoms. The van der Waals surface area contributed by atoms with E-state index in [1.807, 2.05) is 72.8 Å². The van der Waals surface area contributed by atoms with E-state index in [4.69, 9.17) is 5.11 Å². The molecular formula is C25H25N3O4. The predicted octanol–water partition coefficient (Wildman–Crippen LogP) is 3.54. The van der Waals surface area contributed by atoms with Gasteiger partial charge in [0.15, 0.2) is 0 Å². The molecule has 0 fully saturated rings. The van der Waals surface area contributed by atoms with Crippen molar-refractivity contribution < 1.29 is 19.5 Å². The highest BCUT2D eigenvalue weighted by Crippen LogP contribution is 2.37. The number of carboxylic acid groups (broad SMARTS) is 1. The molecule has 0 aromatic heterocycles. The van der Waals surface area contributed by atoms with Gasteiger partial charge in [-0.25, -0.2) is 5.43 Å². The van der Waals surface area contributed by atoms with Crippen molar-refractivity contribution in [2.24, 2.45) is 0 Å². The fourth-order valence-corrected chi connectivity index (χ4v) is 3.42. The molecule has 0 aliphatic rings. The summed E-state index contributed by atoms with van der Waals surface area (Å²) in [6.45, 7) is 2.85. The lowest BCUT2D eigenvalue weighted by atomic mass is 9.86. The van der Waals surface area contributed by atoms with Crippen LogP contribution < -0.4 is 16.2 Å². The van der Waals surface area contributed by atoms with Crippen molar-refractivity contribution in [2.75, 3.05) is 5.32 Å². The Labute approximate surface area is 186 Å². The van der Waals surface area contributed by atoms with E-state index in [2.05, 4.69) is 16.2 Å². The summed E-state index contributed by atoms with van der Waals surface area (Å²) < 4.78 is 0. The van der Waals surface area contributed by atoms with Gasteiger partial charge in [0.25, 0.3) is 0 Å². The lowest BCUT2D eigenvalue weighted by molar-refractivity contribution is -0.139. The van der Waals surface area contributed by atoms with Crippen molar-refractivity contribution >= 4 is 23.5 Å². The van der Waals surface area contributed by atoms with Crippen LogP contribution >= 0.6 is 0 Å². The number of amides is 2. The highest BCUT2D eigenvalue weighted by molar-refractivity contribution is 5.98. The number of hydrazine groups is 1. The quantitative estimate of drug-likeness (QED) is 0.408. The minimum absolute atomic E-state index is 0.264. The SMILES string of the molecule is CC(=O)Nc1c(-c2ccccc2)cccc1C(C(=O)NN[C@@H](C)C(=O)O)c1ccccc1. The Balaban J connectivity index is 2.12. The average molecular weight is 431 g/mol. The molecule has 1 unspecified atom stereocenters. The second kappa shape index (κ2) is 10.4. The van der Waals surface area contributed by atoms with Crippen LogP contribution in [0.25, 0.3) is 11.1 Å². The summed E-state index contributed by atoms with van der Waals surface area (Å²) in [5.74, 6) is -2.60. The third-order valence-corrected chi connectivity index (χ3v) is 4.97. The second-order valence-electron chi connectivity index (χ2n) is 7.35. The summed E-state index contributed by atoms with van der Waals surface area (Å²) in [7, 11) is 0. The number of hydrogen-bond acceptors (Lipinski definition) is 4. The molecule has 3 aromatic rings. The molecule has 3 rings (SSSR count). The number of anilines is 1. The first-order chi connectivity index (χ1) is 15.4. The van der Waals surface area contributed by atoms with Gasteiger partial charge in [0.05, 0.1) is 11.6 Å². The molecular weight excluding hydrogens is 406 g/mol. The van der Waals surface area contributed by atoms with Crippen molar-refractivity contribution in [3.05, 3.63) is 90.0 Å². The molecule has 4 N–H and O–H groups in total. The summed E-state index contributed by atoms with van der Waals surface area (Å²) in [4.78, 5) is 36.5. The zero-order valence-corrected chi connectivity index (χ0v) is 17.8. The average Bonchev–Trinajstić information content (AvgIpc) is 2.79. The third kappa shape index (κ3) is 5.39. The first-order valence-electron chi connectivity index (χ1n) is 10.2. The Bertz CT molecular complexity index is 1100. The van der Waals surface area contributed by atoms with Crippen LogP contribution in [0, 0.1) is 0 Å². The van der Waals surface area contributed by atoms with Gasteiger partial charge >= 0.3 is 5.97 Å². The van der Waals surface area contributed by atoms with Crippen molar-refractivity contribution in [3.8, 4) is 11.1 Å². The Kier molecular flexibility index (Phi) is 7.36. The zero-order chi connectivity index (χ0) is 23.1. The highest BCUT2D eigenvalue weighted by Gasteiger charge is 2.28. The monoisotopic (exact) mass is 431 g/mol. The van der Waals surface area contributed by atoms with E-state index in [9.17, 15) is 14.4 Å². The molecule has 0 heterocycles. The first-order valence-corrected chi connectivity index (χ1v) is 10.2. The fraction of sp³-hybridized carbons (Fsp3) is 0.160. The lowest BCUT2D eigenvalue weighted by Gasteiger charge is -2.23. The van der Waals surface area contributed by atoms with E-state index in [1.165, 1.54) is 13.8 Å². The number of benzene rings is 3. The Hall–Kier alpha value is -3.97. The number of carboxylic acids is 1. The van der Waals surface area contributed by atoms with E-state index in [-0.39, 0.29) is 5.91 Å². The predicted molar refractivity (Wildman–Crippen MR) is 123 cm³/mol. The molecule has 0 aliphatic carbocycles. The highest BCUT2D eigenvalue weighted by atomic mass is 16.4. The van der Waals surface area contributed by atoms with E-state index in [1.54, 1.807) is 6.07 Å². The molecule has 3 aromatic carbocycles. The Morgan fingerprint density at radius 3 is 2.06 bits per heavy atom. The fourth-order valence-electron chi connectivity index (χ4n) is 3.42. The van der Waals surface area contributed by atoms with E-state index in [0.29, 0.717) is 16.8 Å². The number of nitrogens with one attached hydrogen (secondary N) is 3. The van der Waals surface area contributed by atoms with Crippen molar-refractivity contribution in [1.29, 1.82) is 0 Å². The van der Waals surface area contributed by atoms with Crippen LogP contribution in [0.3, 0.4) is 0 Å². The molecule has 2 atom stereocenters. The topological polar surface area (TPSA) is 108 Å². The van der Waals surface area contributed by atoms with E-state index < -0.39 is 23.8 Å². The summed E-state index contributed by atoms with van der Waals surface area (Å²) >= 11 is 0. The Morgan fingerprint density at radius 2 is 1.47 bits per heavy atom. The van der Waals surface area contributed by atoms with Gasteiger partial charge in [0, 0.05) is 12.5 Å². The van der Waals surface area contributed by atoms with Gasteiger partial charge in [-0.05, 0) is 23.6 Å². The molecule has 0 bridgehead atoms. The molecule has 7 nitrogen and oxygen atoms in total. The summed E-state index contributed by atoms with van der Waals surface area (Å²) in [6, 6.07) is 23.2. The van der Waals surface area contributed by atoms with Crippen LogP contribution in [0.15, 0.2) is 78.9 Å². The van der Waals surface area contributed by atoms with Crippen LogP contribution in [0.2, 0.25) is 0 Å². The van der Waals surface area contributed by atoms with Crippen molar-refractivity contribution in [3.63, 3.8) is 0 Å². The number of aliphatic carboxylic acids is 1. The van der Waals surface area contributed by atoms with Gasteiger partial charge in [-0.3, -0.25) is 19.8 Å². The maximum absolute atomic E-state index is 13.3. The normalized spacial score (nSPS) is 12.4. The van der Waals surface area contributed by atoms with Gasteiger partial charge in [-0.15, -0.1) is 0 Å². The Morgan fingerprint density at radius 1 is 0.844 bits per heavy atom. The number of carbonyl (C=O) groups excluding carboxylic acids is 2. The number of para-hydroxylation sites is 1. The maximum Gasteiger partial charge on any atom is 0.322 e. The smallest absolute Gasteiger partial charge is 0.322 e. The molecule has 2 amide bonds. The molecule has 32 heavy (non-hydrogen) atoms. The summed E-state index contributed by atoms with van der Waals surface area (Å²) in [6.07, 6.45) is 0. The standard InChI is InChI=1S/C25H25N3O4/c1-16(25(31)32)27-28-24(30)22(19-12-7-4-8-13-19)21-15-9-14-20(23(21)26-17(2)29)18-10-5-3-6-11-18/h3-16,22,27H,1-2H3,(H,26,29)(H,28,30)(H,31,32)/t16-,22?/m0/s1. The van der Waals surface area contributed by atoms with Crippen molar-refractivity contribution in [1.82, 2.24) is 10.9 Å². The number of hydrogen-bond donors (Lipinski definition) is 4. The molecule has 0 aliphatic heterocycles. The first kappa shape index (κ1) is 22.7. The third-order valence-electron chi connectivity index (χ3n) is 4.97. The van der Waals surface area contributed by atoms with Crippen LogP contribution in [0.5, 0.6) is 0 Å². The van der Waals surface area contributed by atoms with Crippen LogP contribution in [-0.2, 0) is 14.4 Å². The molecule has 7 heteroatoms. The van der Waals surface area contributed by atoms with E-state index >= 15 is 0 Å². The molecule has 0 radical (unpaired) electrons. The van der Waals surface area contributed by atoms with Gasteiger partial charge in [-0.2, -0.15) is 0 Å². The minimum atomic E-state index is -1.09. The summed E-state index contributed by atoms with van der Waals surface area (Å²) in [5.41, 5.74) is 8.53. The van der Waals surface area contributed by atoms with E-state index in [0.717, 1.165) is 11.1 Å². The maximum atomic E-state index is 13.3. The van der Waals surface area contributed by atoms with Gasteiger partial charge < -0.3 is 10.4 Å². The zero-order valence-electron chi connectivity index (χ0n) is 17.8. The van der Waals surface area contributed by atoms with Gasteiger partial charge in [-0.1, -0.05) is 78.9 Å². The summed E-state index contributed by atoms with van der Waals surface area (Å²) in [5, 5.41) is 12.0. The van der Waals surface area contributed by atoms with Crippen molar-refractivity contribution in [2.45, 2.75) is 25.8 Å². The number of carbonyl (C=O) groups is 3. The molecule has 164 valence electrons. The minimum Gasteiger partial charge on any atom is -0.480 e. The lowest BCUT2D eigenvalue weighted by Crippen LogP contribution is -2.48. The van der Waals surface area contributed by atoms with Gasteiger partial charge in [0.1, 0.15) is 6.04 Å². The van der Waals surface area contributed by atoms with Crippen LogP contribution in [0.4, 0.5) is 5.69 Å².